The molecular formula is C12H18N2O4. The number of nitrogens with one attached hydrogen (secondary N) is 1. The van der Waals surface area contributed by atoms with Gasteiger partial charge in [-0.3, -0.25) is 4.79 Å². The van der Waals surface area contributed by atoms with Crippen molar-refractivity contribution in [2.75, 3.05) is 19.7 Å². The third kappa shape index (κ3) is 2.53. The number of carbonyl (C=O) groups is 2. The Bertz CT molecular complexity index is 465. The minimum Gasteiger partial charge on any atom is -0.477 e. The van der Waals surface area contributed by atoms with Crippen molar-refractivity contribution in [3.05, 3.63) is 22.5 Å². The van der Waals surface area contributed by atoms with Crippen LogP contribution in [0, 0.1) is 13.8 Å². The highest BCUT2D eigenvalue weighted by Gasteiger charge is 2.24. The van der Waals surface area contributed by atoms with Gasteiger partial charge in [-0.1, -0.05) is 0 Å². The number of aromatic amines is 1. The summed E-state index contributed by atoms with van der Waals surface area (Å²) in [6.07, 6.45) is 0. The maximum atomic E-state index is 12.2. The summed E-state index contributed by atoms with van der Waals surface area (Å²) in [4.78, 5) is 27.4. The standard InChI is InChI=1S/C12H18N2O4/c1-4-14(5-6-15)11(16)9-7(2)10(12(17)18)13-8(9)3/h13,15H,4-6H2,1-3H3,(H,17,18). The summed E-state index contributed by atoms with van der Waals surface area (Å²) in [5.74, 6) is -1.34. The van der Waals surface area contributed by atoms with Crippen molar-refractivity contribution in [2.45, 2.75) is 20.8 Å². The zero-order chi connectivity index (χ0) is 13.9. The van der Waals surface area contributed by atoms with Crippen LogP contribution in [0.25, 0.3) is 0 Å². The van der Waals surface area contributed by atoms with Gasteiger partial charge in [0.25, 0.3) is 5.91 Å². The highest BCUT2D eigenvalue weighted by atomic mass is 16.4. The number of rotatable bonds is 5. The summed E-state index contributed by atoms with van der Waals surface area (Å²) < 4.78 is 0. The van der Waals surface area contributed by atoms with Crippen molar-refractivity contribution < 1.29 is 19.8 Å². The lowest BCUT2D eigenvalue weighted by atomic mass is 10.1. The zero-order valence-electron chi connectivity index (χ0n) is 10.8. The molecule has 1 rings (SSSR count). The number of aromatic nitrogens is 1. The van der Waals surface area contributed by atoms with Crippen molar-refractivity contribution in [1.82, 2.24) is 9.88 Å². The van der Waals surface area contributed by atoms with Crippen LogP contribution in [0.3, 0.4) is 0 Å². The number of carboxylic acids is 1. The van der Waals surface area contributed by atoms with Crippen LogP contribution in [0.15, 0.2) is 0 Å². The lowest BCUT2D eigenvalue weighted by molar-refractivity contribution is 0.0690. The molecule has 0 atom stereocenters. The molecule has 1 aromatic heterocycles. The number of carbonyl (C=O) groups excluding carboxylic acids is 1. The first-order valence-electron chi connectivity index (χ1n) is 5.76. The fourth-order valence-corrected chi connectivity index (χ4v) is 1.97. The van der Waals surface area contributed by atoms with Crippen molar-refractivity contribution >= 4 is 11.9 Å². The maximum Gasteiger partial charge on any atom is 0.352 e. The summed E-state index contributed by atoms with van der Waals surface area (Å²) in [6, 6.07) is 0. The second kappa shape index (κ2) is 5.68. The number of aliphatic hydroxyl groups is 1. The molecule has 0 spiro atoms. The molecule has 6 heteroatoms. The molecule has 3 N–H and O–H groups in total. The SMILES string of the molecule is CCN(CCO)C(=O)c1c(C)[nH]c(C(=O)O)c1C. The van der Waals surface area contributed by atoms with Gasteiger partial charge in [-0.2, -0.15) is 0 Å². The number of aryl methyl sites for hydroxylation is 1. The number of aliphatic hydroxyl groups excluding tert-OH is 1. The minimum absolute atomic E-state index is 0.0379. The van der Waals surface area contributed by atoms with Crippen molar-refractivity contribution in [2.24, 2.45) is 0 Å². The number of aromatic carboxylic acids is 1. The molecule has 0 fully saturated rings. The molecule has 0 aliphatic heterocycles. The molecule has 0 saturated carbocycles. The van der Waals surface area contributed by atoms with E-state index in [1.54, 1.807) is 13.8 Å². The van der Waals surface area contributed by atoms with E-state index in [4.69, 9.17) is 10.2 Å². The Balaban J connectivity index is 3.16. The van der Waals surface area contributed by atoms with E-state index < -0.39 is 5.97 Å². The minimum atomic E-state index is -1.08. The van der Waals surface area contributed by atoms with Gasteiger partial charge >= 0.3 is 5.97 Å². The summed E-state index contributed by atoms with van der Waals surface area (Å²) in [5, 5.41) is 17.9. The molecule has 0 radical (unpaired) electrons. The van der Waals surface area contributed by atoms with Crippen LogP contribution in [-0.2, 0) is 0 Å². The Labute approximate surface area is 105 Å². The van der Waals surface area contributed by atoms with E-state index in [-0.39, 0.29) is 24.8 Å². The average Bonchev–Trinajstić information content (AvgIpc) is 2.61. The summed E-state index contributed by atoms with van der Waals surface area (Å²) in [7, 11) is 0. The monoisotopic (exact) mass is 254 g/mol. The molecule has 0 unspecified atom stereocenters. The fraction of sp³-hybridized carbons (Fsp3) is 0.500. The molecule has 100 valence electrons. The summed E-state index contributed by atoms with van der Waals surface area (Å²) in [5.41, 5.74) is 1.38. The van der Waals surface area contributed by atoms with Gasteiger partial charge in [0.05, 0.1) is 12.2 Å². The Morgan fingerprint density at radius 3 is 2.33 bits per heavy atom. The molecule has 6 nitrogen and oxygen atoms in total. The Morgan fingerprint density at radius 1 is 1.33 bits per heavy atom. The van der Waals surface area contributed by atoms with E-state index in [2.05, 4.69) is 4.98 Å². The van der Waals surface area contributed by atoms with Gasteiger partial charge in [0, 0.05) is 18.8 Å². The number of amides is 1. The predicted molar refractivity (Wildman–Crippen MR) is 65.9 cm³/mol. The second-order valence-corrected chi connectivity index (χ2v) is 4.04. The summed E-state index contributed by atoms with van der Waals surface area (Å²) >= 11 is 0. The van der Waals surface area contributed by atoms with Crippen LogP contribution in [0.4, 0.5) is 0 Å². The third-order valence-electron chi connectivity index (χ3n) is 2.90. The fourth-order valence-electron chi connectivity index (χ4n) is 1.97. The molecular weight excluding hydrogens is 236 g/mol. The van der Waals surface area contributed by atoms with E-state index in [1.807, 2.05) is 6.92 Å². The molecule has 0 aliphatic carbocycles. The molecule has 18 heavy (non-hydrogen) atoms. The first kappa shape index (κ1) is 14.2. The Morgan fingerprint density at radius 2 is 1.94 bits per heavy atom. The maximum absolute atomic E-state index is 12.2. The van der Waals surface area contributed by atoms with Crippen molar-refractivity contribution in [1.29, 1.82) is 0 Å². The number of hydrogen-bond acceptors (Lipinski definition) is 3. The first-order valence-corrected chi connectivity index (χ1v) is 5.76. The van der Waals surface area contributed by atoms with Gasteiger partial charge in [-0.05, 0) is 26.3 Å². The van der Waals surface area contributed by atoms with Gasteiger partial charge in [0.1, 0.15) is 5.69 Å². The van der Waals surface area contributed by atoms with E-state index in [0.29, 0.717) is 23.4 Å². The smallest absolute Gasteiger partial charge is 0.352 e. The van der Waals surface area contributed by atoms with Crippen molar-refractivity contribution in [3.8, 4) is 0 Å². The van der Waals surface area contributed by atoms with Gasteiger partial charge in [0.15, 0.2) is 0 Å². The second-order valence-electron chi connectivity index (χ2n) is 4.04. The van der Waals surface area contributed by atoms with Crippen LogP contribution in [0.2, 0.25) is 0 Å². The Kier molecular flexibility index (Phi) is 4.49. The number of hydrogen-bond donors (Lipinski definition) is 3. The van der Waals surface area contributed by atoms with Gasteiger partial charge in [-0.25, -0.2) is 4.79 Å². The largest absolute Gasteiger partial charge is 0.477 e. The Hall–Kier alpha value is -1.82. The number of likely N-dealkylation sites (N-methyl/N-ethyl adjacent to an activating group) is 1. The predicted octanol–water partition coefficient (Wildman–Crippen LogP) is 0.784. The van der Waals surface area contributed by atoms with Crippen LogP contribution < -0.4 is 0 Å². The van der Waals surface area contributed by atoms with E-state index in [0.717, 1.165) is 0 Å². The van der Waals surface area contributed by atoms with E-state index in [9.17, 15) is 9.59 Å². The average molecular weight is 254 g/mol. The van der Waals surface area contributed by atoms with Crippen LogP contribution in [0.5, 0.6) is 0 Å². The normalized spacial score (nSPS) is 10.4. The highest BCUT2D eigenvalue weighted by molar-refractivity contribution is 6.00. The molecule has 1 amide bonds. The van der Waals surface area contributed by atoms with Gasteiger partial charge < -0.3 is 20.1 Å². The van der Waals surface area contributed by atoms with Crippen molar-refractivity contribution in [3.63, 3.8) is 0 Å². The third-order valence-corrected chi connectivity index (χ3v) is 2.90. The van der Waals surface area contributed by atoms with E-state index in [1.165, 1.54) is 4.90 Å². The molecule has 0 aliphatic rings. The van der Waals surface area contributed by atoms with Crippen LogP contribution in [0.1, 0.15) is 39.0 Å². The van der Waals surface area contributed by atoms with E-state index >= 15 is 0 Å². The lowest BCUT2D eigenvalue weighted by Gasteiger charge is -2.20. The number of H-pyrrole nitrogens is 1. The number of nitrogens with zero attached hydrogens (tertiary/aromatic N) is 1. The van der Waals surface area contributed by atoms with Gasteiger partial charge in [-0.15, -0.1) is 0 Å². The topological polar surface area (TPSA) is 93.6 Å². The molecule has 0 aromatic carbocycles. The van der Waals surface area contributed by atoms with Crippen LogP contribution in [-0.4, -0.2) is 51.7 Å². The summed E-state index contributed by atoms with van der Waals surface area (Å²) in [6.45, 7) is 5.66. The first-order chi connectivity index (χ1) is 8.43. The molecule has 1 aromatic rings. The lowest BCUT2D eigenvalue weighted by Crippen LogP contribution is -2.33. The molecule has 0 saturated heterocycles. The number of carboxylic acid groups (broad SMARTS) is 1. The molecule has 1 heterocycles. The van der Waals surface area contributed by atoms with Gasteiger partial charge in [0.2, 0.25) is 0 Å². The quantitative estimate of drug-likeness (QED) is 0.724. The highest BCUT2D eigenvalue weighted by Crippen LogP contribution is 2.19. The molecule has 0 bridgehead atoms. The van der Waals surface area contributed by atoms with Crippen LogP contribution >= 0.6 is 0 Å². The zero-order valence-corrected chi connectivity index (χ0v) is 10.8.